The van der Waals surface area contributed by atoms with E-state index in [1.54, 1.807) is 12.7 Å². The van der Waals surface area contributed by atoms with E-state index in [0.29, 0.717) is 17.8 Å². The molecular weight excluding hydrogens is 475 g/mol. The second-order valence-corrected chi connectivity index (χ2v) is 11.8. The number of carbonyl (C=O) groups is 1. The van der Waals surface area contributed by atoms with Crippen molar-refractivity contribution in [3.63, 3.8) is 0 Å². The van der Waals surface area contributed by atoms with Crippen molar-refractivity contribution in [2.45, 2.75) is 62.7 Å². The number of nitrogens with one attached hydrogen (secondary N) is 1. The Morgan fingerprint density at radius 2 is 2.00 bits per heavy atom. The van der Waals surface area contributed by atoms with Gasteiger partial charge in [-0.05, 0) is 29.7 Å². The van der Waals surface area contributed by atoms with E-state index in [1.807, 2.05) is 24.3 Å². The van der Waals surface area contributed by atoms with Gasteiger partial charge in [0.25, 0.3) is 0 Å². The molecule has 5 rings (SSSR count). The van der Waals surface area contributed by atoms with E-state index in [4.69, 9.17) is 10.00 Å². The Labute approximate surface area is 203 Å². The van der Waals surface area contributed by atoms with Gasteiger partial charge >= 0.3 is 150 Å². The number of ether oxygens (including phenoxy) is 1. The molecule has 0 aromatic heterocycles. The number of aryl methyl sites for hydroxylation is 1. The molecule has 0 heterocycles. The first kappa shape index (κ1) is 22.5. The maximum atomic E-state index is 13.1. The number of nitriles is 1. The molecule has 0 radical (unpaired) electrons. The molecular formula is C28H32N2O2Se. The van der Waals surface area contributed by atoms with Crippen LogP contribution in [0.4, 0.5) is 0 Å². The van der Waals surface area contributed by atoms with E-state index in [9.17, 15) is 4.79 Å². The number of rotatable bonds is 5. The second-order valence-electron chi connectivity index (χ2n) is 10.2. The summed E-state index contributed by atoms with van der Waals surface area (Å²) in [6, 6.07) is 14.7. The summed E-state index contributed by atoms with van der Waals surface area (Å²) in [5.74, 6) is 3.05. The van der Waals surface area contributed by atoms with E-state index in [1.165, 1.54) is 31.2 Å². The molecule has 1 N–H and O–H groups in total. The molecule has 4 nitrogen and oxygen atoms in total. The first-order chi connectivity index (χ1) is 16.0. The minimum atomic E-state index is -0.0260. The molecule has 172 valence electrons. The number of benzene rings is 2. The van der Waals surface area contributed by atoms with Gasteiger partial charge in [-0.1, -0.05) is 6.07 Å². The molecule has 3 aliphatic rings. The van der Waals surface area contributed by atoms with Gasteiger partial charge in [-0.2, -0.15) is 0 Å². The second kappa shape index (κ2) is 9.16. The molecule has 5 heteroatoms. The molecule has 5 atom stereocenters. The fourth-order valence-electron chi connectivity index (χ4n) is 7.03. The van der Waals surface area contributed by atoms with Crippen LogP contribution in [-0.2, 0) is 11.7 Å². The summed E-state index contributed by atoms with van der Waals surface area (Å²) < 4.78 is 5.46. The molecule has 0 saturated heterocycles. The number of methoxy groups -OCH3 is 1. The van der Waals surface area contributed by atoms with Crippen molar-refractivity contribution in [2.24, 2.45) is 17.3 Å². The van der Waals surface area contributed by atoms with Crippen LogP contribution in [0.15, 0.2) is 42.5 Å². The molecule has 0 aliphatic heterocycles. The van der Waals surface area contributed by atoms with Gasteiger partial charge < -0.3 is 4.74 Å². The van der Waals surface area contributed by atoms with Gasteiger partial charge in [-0.15, -0.1) is 0 Å². The molecule has 2 fully saturated rings. The van der Waals surface area contributed by atoms with E-state index < -0.39 is 0 Å². The van der Waals surface area contributed by atoms with Crippen molar-refractivity contribution < 1.29 is 9.53 Å². The van der Waals surface area contributed by atoms with Crippen LogP contribution in [0, 0.1) is 27.5 Å². The quantitative estimate of drug-likeness (QED) is 0.578. The van der Waals surface area contributed by atoms with E-state index in [-0.39, 0.29) is 32.3 Å². The Balaban J connectivity index is 1.29. The maximum absolute atomic E-state index is 13.1. The SMILES string of the molecule is COc1ccc2c(c1)CC[C@@H]1[C@@H]2CC[C@]2(C)C(NC(=O)c3ccc(C[Se]C#N)cc3)CC[C@@H]12. The van der Waals surface area contributed by atoms with Crippen LogP contribution in [0.5, 0.6) is 5.75 Å². The van der Waals surface area contributed by atoms with Gasteiger partial charge in [0.05, 0.1) is 7.11 Å². The topological polar surface area (TPSA) is 62.1 Å². The summed E-state index contributed by atoms with van der Waals surface area (Å²) >= 11 is -0.0260. The predicted octanol–water partition coefficient (Wildman–Crippen LogP) is 5.04. The number of hydrogen-bond acceptors (Lipinski definition) is 3. The average Bonchev–Trinajstić information content (AvgIpc) is 3.18. The Morgan fingerprint density at radius 1 is 1.18 bits per heavy atom. The van der Waals surface area contributed by atoms with Crippen molar-refractivity contribution >= 4 is 20.9 Å². The van der Waals surface area contributed by atoms with E-state index in [0.717, 1.165) is 35.0 Å². The normalized spacial score (nSPS) is 29.8. The Kier molecular flexibility index (Phi) is 6.25. The zero-order valence-corrected chi connectivity index (χ0v) is 21.2. The van der Waals surface area contributed by atoms with Gasteiger partial charge in [0, 0.05) is 0 Å². The van der Waals surface area contributed by atoms with Gasteiger partial charge in [-0.3, -0.25) is 0 Å². The summed E-state index contributed by atoms with van der Waals surface area (Å²) in [6.07, 6.45) is 7.05. The van der Waals surface area contributed by atoms with Crippen molar-refractivity contribution in [3.05, 3.63) is 64.7 Å². The fraction of sp³-hybridized carbons (Fsp3) is 0.500. The molecule has 1 unspecified atom stereocenters. The number of fused-ring (bicyclic) bond motifs is 5. The van der Waals surface area contributed by atoms with Crippen LogP contribution in [-0.4, -0.2) is 34.0 Å². The average molecular weight is 508 g/mol. The molecule has 1 amide bonds. The molecule has 2 aromatic rings. The summed E-state index contributed by atoms with van der Waals surface area (Å²) in [4.78, 5) is 15.3. The van der Waals surface area contributed by atoms with Crippen molar-refractivity contribution in [1.82, 2.24) is 5.32 Å². The van der Waals surface area contributed by atoms with Crippen LogP contribution in [0.2, 0.25) is 0 Å². The standard InChI is InChI=1S/C28H32N2O2Se/c1-28-14-13-23-22-10-8-21(32-2)15-20(22)7-9-24(23)25(28)11-12-26(28)30-27(31)19-5-3-18(4-6-19)16-33-17-29/h3-6,8,10,15,23-26H,7,9,11-14,16H2,1-2H3,(H,30,31)/t23-,24-,25+,26?,28+/m1/s1. The van der Waals surface area contributed by atoms with Crippen molar-refractivity contribution in [3.8, 4) is 10.7 Å². The molecule has 3 aliphatic carbocycles. The van der Waals surface area contributed by atoms with Crippen molar-refractivity contribution in [2.75, 3.05) is 7.11 Å². The third-order valence-corrected chi connectivity index (χ3v) is 10.0. The third kappa shape index (κ3) is 4.09. The van der Waals surface area contributed by atoms with Crippen LogP contribution in [0.1, 0.15) is 72.0 Å². The zero-order chi connectivity index (χ0) is 23.0. The first-order valence-electron chi connectivity index (χ1n) is 12.1. The number of carbonyl (C=O) groups excluding carboxylic acids is 1. The Morgan fingerprint density at radius 3 is 2.76 bits per heavy atom. The third-order valence-electron chi connectivity index (χ3n) is 8.76. The van der Waals surface area contributed by atoms with Crippen LogP contribution < -0.4 is 10.1 Å². The summed E-state index contributed by atoms with van der Waals surface area (Å²) in [5, 5.41) is 13.0. The fourth-order valence-corrected chi connectivity index (χ4v) is 7.92. The van der Waals surface area contributed by atoms with Crippen molar-refractivity contribution in [1.29, 1.82) is 5.26 Å². The number of amides is 1. The summed E-state index contributed by atoms with van der Waals surface area (Å²) in [6.45, 7) is 2.43. The van der Waals surface area contributed by atoms with Crippen LogP contribution >= 0.6 is 0 Å². The van der Waals surface area contributed by atoms with Crippen LogP contribution in [0.3, 0.4) is 0 Å². The number of nitrogens with zero attached hydrogens (tertiary/aromatic N) is 1. The zero-order valence-electron chi connectivity index (χ0n) is 19.5. The molecule has 0 spiro atoms. The molecule has 0 bridgehead atoms. The number of hydrogen-bond donors (Lipinski definition) is 1. The summed E-state index contributed by atoms with van der Waals surface area (Å²) in [5.41, 5.74) is 5.05. The first-order valence-corrected chi connectivity index (χ1v) is 14.2. The molecule has 33 heavy (non-hydrogen) atoms. The van der Waals surface area contributed by atoms with E-state index in [2.05, 4.69) is 35.4 Å². The Bertz CT molecular complexity index is 1080. The summed E-state index contributed by atoms with van der Waals surface area (Å²) in [7, 11) is 1.75. The van der Waals surface area contributed by atoms with Gasteiger partial charge in [0.2, 0.25) is 0 Å². The molecule has 2 saturated carbocycles. The van der Waals surface area contributed by atoms with E-state index >= 15 is 0 Å². The predicted molar refractivity (Wildman–Crippen MR) is 130 cm³/mol. The molecule has 2 aromatic carbocycles. The Hall–Kier alpha value is -2.28. The monoisotopic (exact) mass is 508 g/mol. The van der Waals surface area contributed by atoms with Gasteiger partial charge in [0.15, 0.2) is 0 Å². The van der Waals surface area contributed by atoms with Gasteiger partial charge in [0.1, 0.15) is 5.75 Å². The van der Waals surface area contributed by atoms with Crippen LogP contribution in [0.25, 0.3) is 0 Å². The van der Waals surface area contributed by atoms with Gasteiger partial charge in [-0.25, -0.2) is 0 Å². The minimum absolute atomic E-state index is 0.0260.